The third-order valence-corrected chi connectivity index (χ3v) is 5.97. The lowest BCUT2D eigenvalue weighted by Gasteiger charge is -2.18. The molecule has 0 heterocycles. The van der Waals surface area contributed by atoms with E-state index >= 15 is 0 Å². The van der Waals surface area contributed by atoms with Crippen LogP contribution in [0.25, 0.3) is 11.1 Å². The van der Waals surface area contributed by atoms with Crippen molar-refractivity contribution in [3.05, 3.63) is 77.4 Å². The minimum absolute atomic E-state index is 0.00395. The van der Waals surface area contributed by atoms with Crippen LogP contribution in [0.3, 0.4) is 0 Å². The van der Waals surface area contributed by atoms with E-state index in [9.17, 15) is 9.59 Å². The lowest BCUT2D eigenvalue weighted by molar-refractivity contribution is -0.118. The van der Waals surface area contributed by atoms with Crippen LogP contribution in [0.15, 0.2) is 60.7 Å². The molecule has 0 aliphatic heterocycles. The van der Waals surface area contributed by atoms with E-state index < -0.39 is 5.41 Å². The lowest BCUT2D eigenvalue weighted by Crippen LogP contribution is -2.27. The summed E-state index contributed by atoms with van der Waals surface area (Å²) in [6.07, 6.45) is 2.44. The summed E-state index contributed by atoms with van der Waals surface area (Å²) >= 11 is 0. The zero-order chi connectivity index (χ0) is 22.0. The van der Waals surface area contributed by atoms with Gasteiger partial charge in [0.1, 0.15) is 17.8 Å². The second-order valence-electron chi connectivity index (χ2n) is 7.87. The van der Waals surface area contributed by atoms with Gasteiger partial charge in [-0.05, 0) is 72.9 Å². The van der Waals surface area contributed by atoms with Crippen LogP contribution in [0.4, 0.5) is 5.69 Å². The Hall–Kier alpha value is -3.60. The van der Waals surface area contributed by atoms with E-state index in [0.717, 1.165) is 52.8 Å². The normalized spacial score (nSPS) is 13.9. The van der Waals surface area contributed by atoms with Crippen molar-refractivity contribution in [3.63, 3.8) is 0 Å². The molecule has 3 aromatic rings. The van der Waals surface area contributed by atoms with Gasteiger partial charge in [0.2, 0.25) is 5.91 Å². The SMILES string of the molecule is COc1ccc(C2(C(=O)Nc3ccc(C)c(-c4ccc(C=O)cc4OC)c3)CC2)cc1. The van der Waals surface area contributed by atoms with Crippen LogP contribution in [0.2, 0.25) is 0 Å². The Bertz CT molecular complexity index is 1130. The first-order chi connectivity index (χ1) is 15.0. The molecule has 0 bridgehead atoms. The summed E-state index contributed by atoms with van der Waals surface area (Å²) in [6.45, 7) is 2.01. The maximum absolute atomic E-state index is 13.2. The highest BCUT2D eigenvalue weighted by Crippen LogP contribution is 2.49. The number of hydrogen-bond donors (Lipinski definition) is 1. The van der Waals surface area contributed by atoms with Crippen molar-refractivity contribution < 1.29 is 19.1 Å². The Labute approximate surface area is 182 Å². The molecule has 0 unspecified atom stereocenters. The summed E-state index contributed by atoms with van der Waals surface area (Å²) in [5.41, 5.74) is 4.67. The molecule has 1 amide bonds. The number of carbonyl (C=O) groups excluding carboxylic acids is 2. The maximum atomic E-state index is 13.2. The molecule has 0 radical (unpaired) electrons. The van der Waals surface area contributed by atoms with Gasteiger partial charge in [0, 0.05) is 16.8 Å². The molecule has 1 aliphatic rings. The van der Waals surface area contributed by atoms with Gasteiger partial charge in [0.15, 0.2) is 0 Å². The second kappa shape index (κ2) is 8.26. The fourth-order valence-corrected chi connectivity index (χ4v) is 3.93. The number of anilines is 1. The number of benzene rings is 3. The van der Waals surface area contributed by atoms with Gasteiger partial charge >= 0.3 is 0 Å². The molecule has 1 saturated carbocycles. The summed E-state index contributed by atoms with van der Waals surface area (Å²) in [5.74, 6) is 1.39. The Morgan fingerprint density at radius 1 is 0.935 bits per heavy atom. The van der Waals surface area contributed by atoms with Crippen LogP contribution >= 0.6 is 0 Å². The Morgan fingerprint density at radius 3 is 2.29 bits per heavy atom. The number of rotatable bonds is 7. The predicted octanol–water partition coefficient (Wildman–Crippen LogP) is 5.16. The highest BCUT2D eigenvalue weighted by atomic mass is 16.5. The molecule has 0 saturated heterocycles. The van der Waals surface area contributed by atoms with Gasteiger partial charge in [0.05, 0.1) is 19.6 Å². The Kier molecular flexibility index (Phi) is 5.51. The number of amides is 1. The summed E-state index contributed by atoms with van der Waals surface area (Å²) in [5, 5.41) is 3.10. The Morgan fingerprint density at radius 2 is 1.68 bits per heavy atom. The molecule has 3 aromatic carbocycles. The van der Waals surface area contributed by atoms with Crippen molar-refractivity contribution >= 4 is 17.9 Å². The number of ether oxygens (including phenoxy) is 2. The van der Waals surface area contributed by atoms with E-state index in [1.54, 1.807) is 26.4 Å². The van der Waals surface area contributed by atoms with E-state index in [-0.39, 0.29) is 5.91 Å². The number of aryl methyl sites for hydroxylation is 1. The van der Waals surface area contributed by atoms with Crippen LogP contribution in [-0.2, 0) is 10.2 Å². The third-order valence-electron chi connectivity index (χ3n) is 5.97. The van der Waals surface area contributed by atoms with Crippen LogP contribution < -0.4 is 14.8 Å². The zero-order valence-corrected chi connectivity index (χ0v) is 17.9. The van der Waals surface area contributed by atoms with Crippen LogP contribution in [0.1, 0.15) is 34.3 Å². The zero-order valence-electron chi connectivity index (χ0n) is 17.9. The standard InChI is InChI=1S/C26H25NO4/c1-17-4-8-20(15-23(17)22-11-5-18(16-28)14-24(22)31-3)27-25(29)26(12-13-26)19-6-9-21(30-2)10-7-19/h4-11,14-16H,12-13H2,1-3H3,(H,27,29). The topological polar surface area (TPSA) is 64.6 Å². The molecule has 0 aromatic heterocycles. The van der Waals surface area contributed by atoms with E-state index in [4.69, 9.17) is 9.47 Å². The third kappa shape index (κ3) is 3.91. The highest BCUT2D eigenvalue weighted by molar-refractivity contribution is 6.02. The molecular formula is C26H25NO4. The first-order valence-corrected chi connectivity index (χ1v) is 10.2. The fourth-order valence-electron chi connectivity index (χ4n) is 3.93. The molecule has 31 heavy (non-hydrogen) atoms. The highest BCUT2D eigenvalue weighted by Gasteiger charge is 2.51. The van der Waals surface area contributed by atoms with Gasteiger partial charge in [-0.2, -0.15) is 0 Å². The first kappa shape index (κ1) is 20.7. The van der Waals surface area contributed by atoms with E-state index in [2.05, 4.69) is 5.32 Å². The van der Waals surface area contributed by atoms with Crippen molar-refractivity contribution in [3.8, 4) is 22.6 Å². The van der Waals surface area contributed by atoms with Crippen LogP contribution in [0.5, 0.6) is 11.5 Å². The van der Waals surface area contributed by atoms with Gasteiger partial charge < -0.3 is 14.8 Å². The largest absolute Gasteiger partial charge is 0.497 e. The summed E-state index contributed by atoms with van der Waals surface area (Å²) in [7, 11) is 3.21. The van der Waals surface area contributed by atoms with E-state index in [1.807, 2.05) is 55.5 Å². The van der Waals surface area contributed by atoms with Crippen molar-refractivity contribution in [1.29, 1.82) is 0 Å². The first-order valence-electron chi connectivity index (χ1n) is 10.2. The monoisotopic (exact) mass is 415 g/mol. The lowest BCUT2D eigenvalue weighted by atomic mass is 9.94. The van der Waals surface area contributed by atoms with Gasteiger partial charge in [-0.1, -0.05) is 24.3 Å². The molecule has 5 heteroatoms. The average Bonchev–Trinajstić information content (AvgIpc) is 3.62. The minimum atomic E-state index is -0.485. The molecule has 158 valence electrons. The van der Waals surface area contributed by atoms with E-state index in [0.29, 0.717) is 11.3 Å². The molecule has 5 nitrogen and oxygen atoms in total. The summed E-state index contributed by atoms with van der Waals surface area (Å²) in [6, 6.07) is 18.9. The van der Waals surface area contributed by atoms with Crippen molar-refractivity contribution in [2.24, 2.45) is 0 Å². The number of nitrogens with one attached hydrogen (secondary N) is 1. The molecule has 0 spiro atoms. The second-order valence-corrected chi connectivity index (χ2v) is 7.87. The quantitative estimate of drug-likeness (QED) is 0.541. The van der Waals surface area contributed by atoms with Crippen molar-refractivity contribution in [2.45, 2.75) is 25.2 Å². The van der Waals surface area contributed by atoms with Crippen molar-refractivity contribution in [1.82, 2.24) is 0 Å². The molecule has 1 aliphatic carbocycles. The van der Waals surface area contributed by atoms with Crippen LogP contribution in [-0.4, -0.2) is 26.4 Å². The molecular weight excluding hydrogens is 390 g/mol. The average molecular weight is 415 g/mol. The number of aldehydes is 1. The molecule has 4 rings (SSSR count). The predicted molar refractivity (Wildman–Crippen MR) is 121 cm³/mol. The van der Waals surface area contributed by atoms with Gasteiger partial charge in [-0.25, -0.2) is 0 Å². The number of hydrogen-bond acceptors (Lipinski definition) is 4. The van der Waals surface area contributed by atoms with Gasteiger partial charge in [0.25, 0.3) is 0 Å². The minimum Gasteiger partial charge on any atom is -0.497 e. The summed E-state index contributed by atoms with van der Waals surface area (Å²) in [4.78, 5) is 24.3. The molecule has 1 fully saturated rings. The molecule has 1 N–H and O–H groups in total. The van der Waals surface area contributed by atoms with Crippen LogP contribution in [0, 0.1) is 6.92 Å². The fraction of sp³-hybridized carbons (Fsp3) is 0.231. The van der Waals surface area contributed by atoms with Crippen molar-refractivity contribution in [2.75, 3.05) is 19.5 Å². The molecule has 0 atom stereocenters. The Balaban J connectivity index is 1.62. The smallest absolute Gasteiger partial charge is 0.235 e. The maximum Gasteiger partial charge on any atom is 0.235 e. The number of methoxy groups -OCH3 is 2. The van der Waals surface area contributed by atoms with Gasteiger partial charge in [-0.3, -0.25) is 9.59 Å². The van der Waals surface area contributed by atoms with Gasteiger partial charge in [-0.15, -0.1) is 0 Å². The van der Waals surface area contributed by atoms with E-state index in [1.165, 1.54) is 0 Å². The summed E-state index contributed by atoms with van der Waals surface area (Å²) < 4.78 is 10.7. The number of carbonyl (C=O) groups is 2.